The molecule has 0 spiro atoms. The number of imidazole rings is 1. The fourth-order valence-electron chi connectivity index (χ4n) is 2.55. The summed E-state index contributed by atoms with van der Waals surface area (Å²) < 4.78 is 1.96. The molecule has 3 heterocycles. The van der Waals surface area contributed by atoms with Crippen LogP contribution in [0.4, 0.5) is 5.82 Å². The molecule has 1 aliphatic heterocycles. The zero-order valence-corrected chi connectivity index (χ0v) is 11.5. The summed E-state index contributed by atoms with van der Waals surface area (Å²) in [4.78, 5) is 10.0. The Balaban J connectivity index is 1.79. The average Bonchev–Trinajstić information content (AvgIpc) is 3.00. The lowest BCUT2D eigenvalue weighted by Gasteiger charge is -2.34. The Kier molecular flexibility index (Phi) is 3.69. The lowest BCUT2D eigenvalue weighted by Crippen LogP contribution is -2.47. The zero-order chi connectivity index (χ0) is 13.2. The number of anilines is 1. The third kappa shape index (κ3) is 2.34. The third-order valence-electron chi connectivity index (χ3n) is 3.58. The van der Waals surface area contributed by atoms with Gasteiger partial charge in [0.25, 0.3) is 0 Å². The molecule has 2 aromatic heterocycles. The number of hydrogen-bond acceptors (Lipinski definition) is 6. The molecule has 3 rings (SSSR count). The lowest BCUT2D eigenvalue weighted by atomic mass is 10.3. The number of aromatic nitrogens is 2. The molecule has 104 valence electrons. The largest absolute Gasteiger partial charge is 0.395 e. The Morgan fingerprint density at radius 1 is 1.21 bits per heavy atom. The van der Waals surface area contributed by atoms with Gasteiger partial charge in [-0.2, -0.15) is 0 Å². The van der Waals surface area contributed by atoms with Gasteiger partial charge in [0.05, 0.1) is 18.9 Å². The van der Waals surface area contributed by atoms with Crippen LogP contribution >= 0.6 is 11.3 Å². The Morgan fingerprint density at radius 3 is 2.68 bits per heavy atom. The highest BCUT2D eigenvalue weighted by molar-refractivity contribution is 7.15. The number of β-amino-alcohol motifs (C(OH)–C–C–N with tert-alkyl or cyclic N) is 1. The maximum Gasteiger partial charge on any atom is 0.195 e. The third-order valence-corrected chi connectivity index (χ3v) is 4.33. The number of fused-ring (bicyclic) bond motifs is 1. The number of nitrogens with zero attached hydrogens (tertiary/aromatic N) is 4. The molecule has 0 aromatic carbocycles. The highest BCUT2D eigenvalue weighted by Gasteiger charge is 2.22. The lowest BCUT2D eigenvalue weighted by molar-refractivity contribution is 0.188. The van der Waals surface area contributed by atoms with E-state index in [9.17, 15) is 5.11 Å². The first-order valence-corrected chi connectivity index (χ1v) is 7.35. The summed E-state index contributed by atoms with van der Waals surface area (Å²) in [5.41, 5.74) is 0.867. The van der Waals surface area contributed by atoms with Crippen molar-refractivity contribution in [3.05, 3.63) is 17.3 Å². The standard InChI is InChI=1S/C12H18N4O2S/c17-7-5-14-1-3-15(4-2-14)11-10(9-18)16-6-8-19-12(16)13-11/h6,8,17-18H,1-5,7,9H2. The molecule has 0 bridgehead atoms. The van der Waals surface area contributed by atoms with E-state index in [1.807, 2.05) is 16.0 Å². The van der Waals surface area contributed by atoms with Gasteiger partial charge in [-0.15, -0.1) is 11.3 Å². The first-order valence-electron chi connectivity index (χ1n) is 6.47. The molecule has 19 heavy (non-hydrogen) atoms. The van der Waals surface area contributed by atoms with Gasteiger partial charge in [-0.1, -0.05) is 0 Å². The van der Waals surface area contributed by atoms with Crippen molar-refractivity contribution in [2.45, 2.75) is 6.61 Å². The Morgan fingerprint density at radius 2 is 2.00 bits per heavy atom. The van der Waals surface area contributed by atoms with E-state index in [2.05, 4.69) is 14.8 Å². The van der Waals surface area contributed by atoms with E-state index in [-0.39, 0.29) is 13.2 Å². The van der Waals surface area contributed by atoms with E-state index in [4.69, 9.17) is 5.11 Å². The maximum absolute atomic E-state index is 9.56. The van der Waals surface area contributed by atoms with Gasteiger partial charge in [0.1, 0.15) is 0 Å². The molecular weight excluding hydrogens is 264 g/mol. The Bertz CT molecular complexity index is 545. The van der Waals surface area contributed by atoms with Crippen LogP contribution < -0.4 is 4.90 Å². The highest BCUT2D eigenvalue weighted by atomic mass is 32.1. The normalized spacial score (nSPS) is 17.5. The van der Waals surface area contributed by atoms with E-state index >= 15 is 0 Å². The van der Waals surface area contributed by atoms with Crippen molar-refractivity contribution >= 4 is 22.1 Å². The van der Waals surface area contributed by atoms with E-state index in [1.165, 1.54) is 0 Å². The smallest absolute Gasteiger partial charge is 0.195 e. The molecule has 1 fully saturated rings. The van der Waals surface area contributed by atoms with Crippen LogP contribution in [0.3, 0.4) is 0 Å². The van der Waals surface area contributed by atoms with Gasteiger partial charge in [-0.25, -0.2) is 4.98 Å². The van der Waals surface area contributed by atoms with Crippen molar-refractivity contribution in [2.75, 3.05) is 44.2 Å². The molecule has 0 atom stereocenters. The molecule has 0 aliphatic carbocycles. The van der Waals surface area contributed by atoms with Crippen LogP contribution in [-0.4, -0.2) is 63.8 Å². The summed E-state index contributed by atoms with van der Waals surface area (Å²) >= 11 is 1.58. The van der Waals surface area contributed by atoms with Crippen molar-refractivity contribution in [3.8, 4) is 0 Å². The van der Waals surface area contributed by atoms with Gasteiger partial charge in [-0.3, -0.25) is 9.30 Å². The summed E-state index contributed by atoms with van der Waals surface area (Å²) in [5.74, 6) is 0.901. The van der Waals surface area contributed by atoms with Crippen molar-refractivity contribution in [1.29, 1.82) is 0 Å². The maximum atomic E-state index is 9.56. The molecule has 1 aliphatic rings. The minimum Gasteiger partial charge on any atom is -0.395 e. The van der Waals surface area contributed by atoms with E-state index in [0.29, 0.717) is 0 Å². The fourth-order valence-corrected chi connectivity index (χ4v) is 3.27. The second kappa shape index (κ2) is 5.46. The fraction of sp³-hybridized carbons (Fsp3) is 0.583. The minimum absolute atomic E-state index is 0.00406. The van der Waals surface area contributed by atoms with Gasteiger partial charge in [0, 0.05) is 44.3 Å². The highest BCUT2D eigenvalue weighted by Crippen LogP contribution is 2.25. The summed E-state index contributed by atoms with van der Waals surface area (Å²) in [6.45, 7) is 4.58. The van der Waals surface area contributed by atoms with Crippen LogP contribution in [0.5, 0.6) is 0 Å². The number of aliphatic hydroxyl groups is 2. The summed E-state index contributed by atoms with van der Waals surface area (Å²) in [7, 11) is 0. The minimum atomic E-state index is 0.00406. The monoisotopic (exact) mass is 282 g/mol. The predicted molar refractivity (Wildman–Crippen MR) is 74.7 cm³/mol. The molecular formula is C12H18N4O2S. The first-order chi connectivity index (χ1) is 9.33. The van der Waals surface area contributed by atoms with Crippen molar-refractivity contribution in [1.82, 2.24) is 14.3 Å². The number of hydrogen-bond donors (Lipinski definition) is 2. The quantitative estimate of drug-likeness (QED) is 0.826. The molecule has 6 nitrogen and oxygen atoms in total. The molecule has 0 radical (unpaired) electrons. The van der Waals surface area contributed by atoms with Gasteiger partial charge < -0.3 is 15.1 Å². The number of piperazine rings is 1. The van der Waals surface area contributed by atoms with Crippen LogP contribution in [0, 0.1) is 0 Å². The van der Waals surface area contributed by atoms with Gasteiger partial charge in [0.2, 0.25) is 0 Å². The van der Waals surface area contributed by atoms with E-state index < -0.39 is 0 Å². The number of rotatable bonds is 4. The number of aliphatic hydroxyl groups excluding tert-OH is 2. The van der Waals surface area contributed by atoms with Crippen LogP contribution in [0.2, 0.25) is 0 Å². The summed E-state index contributed by atoms with van der Waals surface area (Å²) in [6, 6.07) is 0. The van der Waals surface area contributed by atoms with Gasteiger partial charge >= 0.3 is 0 Å². The number of thiazole rings is 1. The van der Waals surface area contributed by atoms with Crippen molar-refractivity contribution in [3.63, 3.8) is 0 Å². The SMILES string of the molecule is OCCN1CCN(c2nc3sccn3c2CO)CC1. The molecule has 0 saturated carbocycles. The predicted octanol–water partition coefficient (Wildman–Crippen LogP) is 0.00240. The molecule has 1 saturated heterocycles. The topological polar surface area (TPSA) is 64.2 Å². The molecule has 0 amide bonds. The van der Waals surface area contributed by atoms with Crippen molar-refractivity contribution < 1.29 is 10.2 Å². The van der Waals surface area contributed by atoms with E-state index in [1.54, 1.807) is 11.3 Å². The second-order valence-corrected chi connectivity index (χ2v) is 5.52. The van der Waals surface area contributed by atoms with Crippen molar-refractivity contribution in [2.24, 2.45) is 0 Å². The summed E-state index contributed by atoms with van der Waals surface area (Å²) in [6.07, 6.45) is 1.95. The summed E-state index contributed by atoms with van der Waals surface area (Å²) in [5, 5.41) is 20.5. The second-order valence-electron chi connectivity index (χ2n) is 4.65. The average molecular weight is 282 g/mol. The van der Waals surface area contributed by atoms with Crippen LogP contribution in [0.1, 0.15) is 5.69 Å². The van der Waals surface area contributed by atoms with Crippen LogP contribution in [-0.2, 0) is 6.61 Å². The zero-order valence-electron chi connectivity index (χ0n) is 10.7. The molecule has 7 heteroatoms. The Labute approximate surface area is 115 Å². The van der Waals surface area contributed by atoms with Gasteiger partial charge in [-0.05, 0) is 0 Å². The first kappa shape index (κ1) is 12.9. The van der Waals surface area contributed by atoms with E-state index in [0.717, 1.165) is 49.2 Å². The Hall–Kier alpha value is -1.15. The van der Waals surface area contributed by atoms with Crippen LogP contribution in [0.25, 0.3) is 4.96 Å². The molecule has 2 N–H and O–H groups in total. The van der Waals surface area contributed by atoms with Crippen LogP contribution in [0.15, 0.2) is 11.6 Å². The van der Waals surface area contributed by atoms with Gasteiger partial charge in [0.15, 0.2) is 10.8 Å². The molecule has 2 aromatic rings. The molecule has 0 unspecified atom stereocenters.